The molecule has 0 radical (unpaired) electrons. The van der Waals surface area contributed by atoms with Crippen LogP contribution in [0.1, 0.15) is 51.4 Å². The minimum absolute atomic E-state index is 0.0734. The van der Waals surface area contributed by atoms with Crippen molar-refractivity contribution in [1.82, 2.24) is 9.97 Å². The van der Waals surface area contributed by atoms with E-state index in [9.17, 15) is 4.79 Å². The van der Waals surface area contributed by atoms with Crippen LogP contribution in [0.4, 0.5) is 5.95 Å². The highest BCUT2D eigenvalue weighted by atomic mass is 16.4. The summed E-state index contributed by atoms with van der Waals surface area (Å²) in [5.74, 6) is -0.0546. The lowest BCUT2D eigenvalue weighted by Crippen LogP contribution is -2.38. The van der Waals surface area contributed by atoms with Crippen molar-refractivity contribution in [1.29, 1.82) is 0 Å². The summed E-state index contributed by atoms with van der Waals surface area (Å²) in [7, 11) is 0. The van der Waals surface area contributed by atoms with Gasteiger partial charge in [-0.2, -0.15) is 0 Å². The van der Waals surface area contributed by atoms with Gasteiger partial charge in [0.25, 0.3) is 0 Å². The van der Waals surface area contributed by atoms with Gasteiger partial charge in [-0.15, -0.1) is 0 Å². The standard InChI is InChI=1S/C14H23N3O2/c1-6-11(5)17(8-13(18)19)14-15-10(4)7-12(16-14)9(2)3/h7,9,11H,6,8H2,1-5H3,(H,18,19). The quantitative estimate of drug-likeness (QED) is 0.856. The number of carboxylic acid groups (broad SMARTS) is 1. The Morgan fingerprint density at radius 3 is 2.47 bits per heavy atom. The number of aromatic nitrogens is 2. The lowest BCUT2D eigenvalue weighted by atomic mass is 10.1. The van der Waals surface area contributed by atoms with Crippen LogP contribution in [0.3, 0.4) is 0 Å². The predicted octanol–water partition coefficient (Wildman–Crippen LogP) is 2.60. The molecule has 0 aliphatic rings. The number of aliphatic carboxylic acids is 1. The molecule has 0 aliphatic carbocycles. The van der Waals surface area contributed by atoms with Gasteiger partial charge in [0.05, 0.1) is 0 Å². The number of hydrogen-bond donors (Lipinski definition) is 1. The summed E-state index contributed by atoms with van der Waals surface area (Å²) >= 11 is 0. The van der Waals surface area contributed by atoms with E-state index in [4.69, 9.17) is 5.11 Å². The van der Waals surface area contributed by atoms with Gasteiger partial charge in [-0.25, -0.2) is 9.97 Å². The van der Waals surface area contributed by atoms with Gasteiger partial charge >= 0.3 is 5.97 Å². The summed E-state index contributed by atoms with van der Waals surface area (Å²) < 4.78 is 0. The van der Waals surface area contributed by atoms with Gasteiger partial charge in [0.15, 0.2) is 0 Å². The van der Waals surface area contributed by atoms with Crippen molar-refractivity contribution >= 4 is 11.9 Å². The van der Waals surface area contributed by atoms with Gasteiger partial charge in [-0.05, 0) is 32.3 Å². The molecule has 1 aromatic heterocycles. The number of rotatable bonds is 6. The van der Waals surface area contributed by atoms with Gasteiger partial charge in [-0.1, -0.05) is 20.8 Å². The second-order valence-electron chi connectivity index (χ2n) is 5.17. The summed E-state index contributed by atoms with van der Waals surface area (Å²) in [4.78, 5) is 21.7. The van der Waals surface area contributed by atoms with Crippen molar-refractivity contribution < 1.29 is 9.90 Å². The van der Waals surface area contributed by atoms with Crippen LogP contribution in [0, 0.1) is 6.92 Å². The Labute approximate surface area is 114 Å². The van der Waals surface area contributed by atoms with Crippen LogP contribution < -0.4 is 4.90 Å². The van der Waals surface area contributed by atoms with E-state index in [1.807, 2.05) is 26.8 Å². The molecule has 0 aliphatic heterocycles. The van der Waals surface area contributed by atoms with Gasteiger partial charge in [-0.3, -0.25) is 4.79 Å². The second kappa shape index (κ2) is 6.50. The minimum Gasteiger partial charge on any atom is -0.480 e. The maximum atomic E-state index is 11.0. The molecule has 0 fully saturated rings. The fourth-order valence-electron chi connectivity index (χ4n) is 1.79. The Kier molecular flexibility index (Phi) is 5.27. The fraction of sp³-hybridized carbons (Fsp3) is 0.643. The number of aryl methyl sites for hydroxylation is 1. The van der Waals surface area contributed by atoms with Crippen molar-refractivity contribution in [2.45, 2.75) is 53.0 Å². The fourth-order valence-corrected chi connectivity index (χ4v) is 1.79. The highest BCUT2D eigenvalue weighted by Gasteiger charge is 2.20. The number of carboxylic acids is 1. The zero-order valence-corrected chi connectivity index (χ0v) is 12.3. The van der Waals surface area contributed by atoms with Crippen LogP contribution in [0.25, 0.3) is 0 Å². The van der Waals surface area contributed by atoms with E-state index < -0.39 is 5.97 Å². The van der Waals surface area contributed by atoms with Gasteiger partial charge in [0.2, 0.25) is 5.95 Å². The summed E-state index contributed by atoms with van der Waals surface area (Å²) in [5, 5.41) is 9.04. The molecular weight excluding hydrogens is 242 g/mol. The van der Waals surface area contributed by atoms with Crippen LogP contribution in [-0.4, -0.2) is 33.6 Å². The molecule has 1 N–H and O–H groups in total. The van der Waals surface area contributed by atoms with E-state index in [1.54, 1.807) is 4.90 Å². The smallest absolute Gasteiger partial charge is 0.323 e. The van der Waals surface area contributed by atoms with Gasteiger partial charge < -0.3 is 10.0 Å². The summed E-state index contributed by atoms with van der Waals surface area (Å²) in [6.45, 7) is 9.98. The number of hydrogen-bond acceptors (Lipinski definition) is 4. The summed E-state index contributed by atoms with van der Waals surface area (Å²) in [5.41, 5.74) is 1.81. The van der Waals surface area contributed by atoms with Gasteiger partial charge in [0, 0.05) is 17.4 Å². The van der Waals surface area contributed by atoms with Crippen molar-refractivity contribution in [3.63, 3.8) is 0 Å². The van der Waals surface area contributed by atoms with Crippen LogP contribution in [-0.2, 0) is 4.79 Å². The van der Waals surface area contributed by atoms with Crippen LogP contribution in [0.15, 0.2) is 6.07 Å². The first kappa shape index (κ1) is 15.4. The van der Waals surface area contributed by atoms with Gasteiger partial charge in [0.1, 0.15) is 6.54 Å². The van der Waals surface area contributed by atoms with E-state index in [2.05, 4.69) is 23.8 Å². The molecule has 0 amide bonds. The first-order valence-electron chi connectivity index (χ1n) is 6.69. The molecule has 106 valence electrons. The van der Waals surface area contributed by atoms with E-state index in [0.717, 1.165) is 17.8 Å². The Morgan fingerprint density at radius 1 is 1.37 bits per heavy atom. The number of nitrogens with zero attached hydrogens (tertiary/aromatic N) is 3. The van der Waals surface area contributed by atoms with Crippen molar-refractivity contribution in [2.24, 2.45) is 0 Å². The Balaban J connectivity index is 3.17. The third-order valence-electron chi connectivity index (χ3n) is 3.14. The molecular formula is C14H23N3O2. The molecule has 0 saturated carbocycles. The molecule has 5 nitrogen and oxygen atoms in total. The zero-order valence-electron chi connectivity index (χ0n) is 12.3. The van der Waals surface area contributed by atoms with E-state index in [-0.39, 0.29) is 12.6 Å². The molecule has 1 heterocycles. The number of anilines is 1. The van der Waals surface area contributed by atoms with E-state index in [0.29, 0.717) is 11.9 Å². The lowest BCUT2D eigenvalue weighted by molar-refractivity contribution is -0.135. The first-order chi connectivity index (χ1) is 8.85. The predicted molar refractivity (Wildman–Crippen MR) is 75.6 cm³/mol. The maximum Gasteiger partial charge on any atom is 0.323 e. The summed E-state index contributed by atoms with van der Waals surface area (Å²) in [6.07, 6.45) is 0.849. The molecule has 1 rings (SSSR count). The highest BCUT2D eigenvalue weighted by Crippen LogP contribution is 2.19. The van der Waals surface area contributed by atoms with E-state index >= 15 is 0 Å². The first-order valence-corrected chi connectivity index (χ1v) is 6.69. The molecule has 0 bridgehead atoms. The summed E-state index contributed by atoms with van der Waals surface area (Å²) in [6, 6.07) is 2.04. The lowest BCUT2D eigenvalue weighted by Gasteiger charge is -2.27. The average Bonchev–Trinajstić information content (AvgIpc) is 2.33. The average molecular weight is 265 g/mol. The largest absolute Gasteiger partial charge is 0.480 e. The molecule has 1 aromatic rings. The van der Waals surface area contributed by atoms with E-state index in [1.165, 1.54) is 0 Å². The normalized spacial score (nSPS) is 12.5. The highest BCUT2D eigenvalue weighted by molar-refractivity contribution is 5.72. The van der Waals surface area contributed by atoms with Crippen molar-refractivity contribution in [3.05, 3.63) is 17.5 Å². The molecule has 1 atom stereocenters. The maximum absolute atomic E-state index is 11.0. The Bertz CT molecular complexity index is 446. The SMILES string of the molecule is CCC(C)N(CC(=O)O)c1nc(C)cc(C(C)C)n1. The topological polar surface area (TPSA) is 66.3 Å². The number of carbonyl (C=O) groups is 1. The third kappa shape index (κ3) is 4.19. The molecule has 1 unspecified atom stereocenters. The Morgan fingerprint density at radius 2 is 2.00 bits per heavy atom. The van der Waals surface area contributed by atoms with Crippen LogP contribution >= 0.6 is 0 Å². The van der Waals surface area contributed by atoms with Crippen LogP contribution in [0.2, 0.25) is 0 Å². The molecule has 0 saturated heterocycles. The molecule has 0 spiro atoms. The Hall–Kier alpha value is -1.65. The zero-order chi connectivity index (χ0) is 14.6. The minimum atomic E-state index is -0.864. The monoisotopic (exact) mass is 265 g/mol. The molecule has 19 heavy (non-hydrogen) atoms. The molecule has 5 heteroatoms. The second-order valence-corrected chi connectivity index (χ2v) is 5.17. The van der Waals surface area contributed by atoms with Crippen LogP contribution in [0.5, 0.6) is 0 Å². The third-order valence-corrected chi connectivity index (χ3v) is 3.14. The van der Waals surface area contributed by atoms with Crippen molar-refractivity contribution in [3.8, 4) is 0 Å². The molecule has 0 aromatic carbocycles. The van der Waals surface area contributed by atoms with Crippen molar-refractivity contribution in [2.75, 3.05) is 11.4 Å².